The van der Waals surface area contributed by atoms with Gasteiger partial charge in [0.25, 0.3) is 5.91 Å². The van der Waals surface area contributed by atoms with E-state index in [4.69, 9.17) is 4.74 Å². The highest BCUT2D eigenvalue weighted by Crippen LogP contribution is 2.30. The molecule has 13 heteroatoms. The van der Waals surface area contributed by atoms with Crippen molar-refractivity contribution in [3.05, 3.63) is 83.4 Å². The third kappa shape index (κ3) is 9.16. The standard InChI is InChI=1S/C34H37N5O8/c1-4-47-32(44)15-16-38-28-14-13-25(19-26(28)33(45)39(20-30(38)41)22(3)17-31(42)43)35-29(40)18-23-9-11-24(12-10-23)36-34(46)37-27-8-6-5-7-21(27)2/h5-14,19,22H,4,15-18,20H2,1-3H3,(H,35,40)(H,42,43)(H2,36,37,46). The molecule has 1 unspecified atom stereocenters. The molecular formula is C34H37N5O8. The Morgan fingerprint density at radius 3 is 2.32 bits per heavy atom. The van der Waals surface area contributed by atoms with Crippen LogP contribution in [0.3, 0.4) is 0 Å². The maximum atomic E-state index is 13.7. The van der Waals surface area contributed by atoms with E-state index in [1.54, 1.807) is 43.3 Å². The molecule has 1 aliphatic heterocycles. The summed E-state index contributed by atoms with van der Waals surface area (Å²) in [6.07, 6.45) is -0.492. The van der Waals surface area contributed by atoms with Crippen molar-refractivity contribution in [3.63, 3.8) is 0 Å². The number of carbonyl (C=O) groups excluding carboxylic acids is 5. The topological polar surface area (TPSA) is 174 Å². The predicted octanol–water partition coefficient (Wildman–Crippen LogP) is 4.43. The number of nitrogens with one attached hydrogen (secondary N) is 3. The van der Waals surface area contributed by atoms with Crippen LogP contribution in [-0.2, 0) is 30.3 Å². The molecule has 0 aliphatic carbocycles. The number of hydrogen-bond acceptors (Lipinski definition) is 7. The van der Waals surface area contributed by atoms with Gasteiger partial charge in [-0.2, -0.15) is 0 Å². The number of anilines is 4. The van der Waals surface area contributed by atoms with Crippen molar-refractivity contribution in [2.24, 2.45) is 0 Å². The van der Waals surface area contributed by atoms with Crippen LogP contribution in [0.15, 0.2) is 66.7 Å². The van der Waals surface area contributed by atoms with Crippen LogP contribution in [0.4, 0.5) is 27.5 Å². The van der Waals surface area contributed by atoms with E-state index in [2.05, 4.69) is 16.0 Å². The molecule has 0 saturated carbocycles. The minimum absolute atomic E-state index is 0.00730. The average Bonchev–Trinajstić information content (AvgIpc) is 3.11. The number of aryl methyl sites for hydroxylation is 1. The molecule has 5 amide bonds. The maximum Gasteiger partial charge on any atom is 0.323 e. The van der Waals surface area contributed by atoms with Gasteiger partial charge in [0, 0.05) is 29.6 Å². The van der Waals surface area contributed by atoms with E-state index in [-0.39, 0.29) is 56.1 Å². The molecule has 0 fully saturated rings. The van der Waals surface area contributed by atoms with E-state index in [0.29, 0.717) is 22.6 Å². The number of hydrogen-bond donors (Lipinski definition) is 4. The Labute approximate surface area is 271 Å². The molecule has 246 valence electrons. The first-order valence-electron chi connectivity index (χ1n) is 15.1. The third-order valence-electron chi connectivity index (χ3n) is 7.49. The van der Waals surface area contributed by atoms with Gasteiger partial charge in [0.05, 0.1) is 37.1 Å². The molecule has 0 bridgehead atoms. The first-order valence-corrected chi connectivity index (χ1v) is 15.1. The number of esters is 1. The van der Waals surface area contributed by atoms with Crippen molar-refractivity contribution in [2.45, 2.75) is 46.1 Å². The summed E-state index contributed by atoms with van der Waals surface area (Å²) >= 11 is 0. The predicted molar refractivity (Wildman–Crippen MR) is 175 cm³/mol. The summed E-state index contributed by atoms with van der Waals surface area (Å²) in [4.78, 5) is 78.2. The van der Waals surface area contributed by atoms with Crippen LogP contribution in [0.1, 0.15) is 48.2 Å². The molecule has 1 atom stereocenters. The molecular weight excluding hydrogens is 606 g/mol. The Bertz CT molecular complexity index is 1670. The number of carboxylic acid groups (broad SMARTS) is 1. The van der Waals surface area contributed by atoms with Gasteiger partial charge >= 0.3 is 18.0 Å². The van der Waals surface area contributed by atoms with E-state index >= 15 is 0 Å². The Balaban J connectivity index is 1.46. The van der Waals surface area contributed by atoms with Crippen LogP contribution in [-0.4, -0.2) is 71.4 Å². The summed E-state index contributed by atoms with van der Waals surface area (Å²) in [6, 6.07) is 17.5. The number of carboxylic acids is 1. The van der Waals surface area contributed by atoms with Gasteiger partial charge < -0.3 is 35.6 Å². The number of amides is 5. The number of benzene rings is 3. The van der Waals surface area contributed by atoms with Crippen LogP contribution < -0.4 is 20.9 Å². The van der Waals surface area contributed by atoms with Crippen molar-refractivity contribution in [3.8, 4) is 0 Å². The molecule has 13 nitrogen and oxygen atoms in total. The number of urea groups is 1. The third-order valence-corrected chi connectivity index (χ3v) is 7.49. The Morgan fingerprint density at radius 2 is 1.64 bits per heavy atom. The molecule has 3 aromatic carbocycles. The highest BCUT2D eigenvalue weighted by atomic mass is 16.5. The quantitative estimate of drug-likeness (QED) is 0.210. The second kappa shape index (κ2) is 15.5. The molecule has 1 heterocycles. The first kappa shape index (κ1) is 34.2. The van der Waals surface area contributed by atoms with Crippen molar-refractivity contribution < 1.29 is 38.6 Å². The lowest BCUT2D eigenvalue weighted by Crippen LogP contribution is -2.44. The van der Waals surface area contributed by atoms with Gasteiger partial charge in [-0.3, -0.25) is 24.0 Å². The second-order valence-electron chi connectivity index (χ2n) is 11.0. The summed E-state index contributed by atoms with van der Waals surface area (Å²) in [7, 11) is 0. The van der Waals surface area contributed by atoms with E-state index < -0.39 is 35.8 Å². The van der Waals surface area contributed by atoms with Crippen molar-refractivity contribution in [1.29, 1.82) is 0 Å². The number of rotatable bonds is 12. The van der Waals surface area contributed by atoms with E-state index in [9.17, 15) is 33.9 Å². The molecule has 1 aliphatic rings. The Morgan fingerprint density at radius 1 is 0.936 bits per heavy atom. The lowest BCUT2D eigenvalue weighted by atomic mass is 10.1. The lowest BCUT2D eigenvalue weighted by molar-refractivity contribution is -0.143. The smallest absolute Gasteiger partial charge is 0.323 e. The Kier molecular flexibility index (Phi) is 11.3. The maximum absolute atomic E-state index is 13.7. The molecule has 3 aromatic rings. The monoisotopic (exact) mass is 643 g/mol. The highest BCUT2D eigenvalue weighted by molar-refractivity contribution is 6.11. The number of para-hydroxylation sites is 1. The molecule has 0 aromatic heterocycles. The first-order chi connectivity index (χ1) is 22.4. The number of nitrogens with zero attached hydrogens (tertiary/aromatic N) is 2. The number of fused-ring (bicyclic) bond motifs is 1. The minimum atomic E-state index is -1.13. The van der Waals surface area contributed by atoms with E-state index in [0.717, 1.165) is 5.56 Å². The van der Waals surface area contributed by atoms with E-state index in [1.165, 1.54) is 28.9 Å². The summed E-state index contributed by atoms with van der Waals surface area (Å²) in [5, 5.41) is 17.6. The number of aliphatic carboxylic acids is 1. The lowest BCUT2D eigenvalue weighted by Gasteiger charge is -2.26. The molecule has 0 saturated heterocycles. The average molecular weight is 644 g/mol. The fourth-order valence-corrected chi connectivity index (χ4v) is 5.11. The van der Waals surface area contributed by atoms with Gasteiger partial charge in [-0.05, 0) is 68.3 Å². The molecule has 0 radical (unpaired) electrons. The molecule has 4 rings (SSSR count). The number of ether oxygens (including phenoxy) is 1. The zero-order valence-corrected chi connectivity index (χ0v) is 26.4. The summed E-state index contributed by atoms with van der Waals surface area (Å²) < 4.78 is 4.98. The van der Waals surface area contributed by atoms with Crippen LogP contribution in [0.5, 0.6) is 0 Å². The largest absolute Gasteiger partial charge is 0.481 e. The van der Waals surface area contributed by atoms with Crippen molar-refractivity contribution >= 4 is 58.4 Å². The van der Waals surface area contributed by atoms with Crippen LogP contribution in [0.2, 0.25) is 0 Å². The summed E-state index contributed by atoms with van der Waals surface area (Å²) in [6.45, 7) is 4.84. The van der Waals surface area contributed by atoms with Crippen molar-refractivity contribution in [1.82, 2.24) is 4.90 Å². The van der Waals surface area contributed by atoms with Gasteiger partial charge in [-0.25, -0.2) is 4.79 Å². The van der Waals surface area contributed by atoms with Crippen LogP contribution in [0, 0.1) is 6.92 Å². The fourth-order valence-electron chi connectivity index (χ4n) is 5.11. The normalized spacial score (nSPS) is 13.3. The van der Waals surface area contributed by atoms with Gasteiger partial charge in [0.2, 0.25) is 11.8 Å². The SMILES string of the molecule is CCOC(=O)CCN1C(=O)CN(C(C)CC(=O)O)C(=O)c2cc(NC(=O)Cc3ccc(NC(=O)Nc4ccccc4C)cc3)ccc21. The summed E-state index contributed by atoms with van der Waals surface area (Å²) in [5.74, 6) is -3.08. The van der Waals surface area contributed by atoms with Crippen LogP contribution >= 0.6 is 0 Å². The molecule has 47 heavy (non-hydrogen) atoms. The highest BCUT2D eigenvalue weighted by Gasteiger charge is 2.35. The number of carbonyl (C=O) groups is 6. The molecule has 0 spiro atoms. The van der Waals surface area contributed by atoms with E-state index in [1.807, 2.05) is 25.1 Å². The van der Waals surface area contributed by atoms with Gasteiger partial charge in [0.1, 0.15) is 6.54 Å². The van der Waals surface area contributed by atoms with Crippen LogP contribution in [0.25, 0.3) is 0 Å². The van der Waals surface area contributed by atoms with Crippen molar-refractivity contribution in [2.75, 3.05) is 40.5 Å². The van der Waals surface area contributed by atoms with Gasteiger partial charge in [-0.15, -0.1) is 0 Å². The zero-order chi connectivity index (χ0) is 34.1. The summed E-state index contributed by atoms with van der Waals surface area (Å²) in [5.41, 5.74) is 3.43. The second-order valence-corrected chi connectivity index (χ2v) is 11.0. The fraction of sp³-hybridized carbons (Fsp3) is 0.294. The van der Waals surface area contributed by atoms with Gasteiger partial charge in [0.15, 0.2) is 0 Å². The Hall–Kier alpha value is -5.72. The van der Waals surface area contributed by atoms with Gasteiger partial charge in [-0.1, -0.05) is 30.3 Å². The molecule has 4 N–H and O–H groups in total. The zero-order valence-electron chi connectivity index (χ0n) is 26.4. The minimum Gasteiger partial charge on any atom is -0.481 e.